The van der Waals surface area contributed by atoms with Gasteiger partial charge in [0.1, 0.15) is 6.04 Å². The van der Waals surface area contributed by atoms with Crippen molar-refractivity contribution in [1.29, 1.82) is 0 Å². The van der Waals surface area contributed by atoms with Gasteiger partial charge in [-0.15, -0.1) is 0 Å². The van der Waals surface area contributed by atoms with E-state index >= 15 is 0 Å². The van der Waals surface area contributed by atoms with Crippen LogP contribution in [0.1, 0.15) is 25.5 Å². The van der Waals surface area contributed by atoms with Gasteiger partial charge in [-0.1, -0.05) is 0 Å². The molecule has 0 saturated carbocycles. The largest absolute Gasteiger partial charge is 0.468 e. The van der Waals surface area contributed by atoms with Crippen LogP contribution < -0.4 is 5.32 Å². The number of esters is 1. The van der Waals surface area contributed by atoms with Gasteiger partial charge in [0.2, 0.25) is 0 Å². The van der Waals surface area contributed by atoms with Gasteiger partial charge in [0.15, 0.2) is 0 Å². The van der Waals surface area contributed by atoms with Crippen molar-refractivity contribution in [2.45, 2.75) is 25.9 Å². The Balaban J connectivity index is 2.49. The number of carbonyl (C=O) groups excluding carboxylic acids is 1. The molecule has 0 aromatic carbocycles. The molecule has 0 aliphatic heterocycles. The molecule has 1 N–H and O–H groups in total. The average molecular weight is 213 g/mol. The lowest BCUT2D eigenvalue weighted by Gasteiger charge is -2.17. The molecular formula is C10H15NO2S. The Morgan fingerprint density at radius 3 is 2.79 bits per heavy atom. The third kappa shape index (κ3) is 2.82. The quantitative estimate of drug-likeness (QED) is 0.777. The number of rotatable bonds is 4. The van der Waals surface area contributed by atoms with E-state index in [-0.39, 0.29) is 18.1 Å². The van der Waals surface area contributed by atoms with Crippen molar-refractivity contribution in [2.75, 3.05) is 7.11 Å². The molecular weight excluding hydrogens is 198 g/mol. The summed E-state index contributed by atoms with van der Waals surface area (Å²) < 4.78 is 4.63. The molecule has 0 saturated heterocycles. The highest BCUT2D eigenvalue weighted by Crippen LogP contribution is 2.16. The Hall–Kier alpha value is -0.870. The molecule has 0 spiro atoms. The second-order valence-electron chi connectivity index (χ2n) is 3.19. The molecule has 0 radical (unpaired) electrons. The molecule has 1 heterocycles. The van der Waals surface area contributed by atoms with E-state index in [0.717, 1.165) is 0 Å². The molecule has 1 rings (SSSR count). The normalized spacial score (nSPS) is 14.8. The highest BCUT2D eigenvalue weighted by atomic mass is 32.1. The molecule has 1 aromatic rings. The number of nitrogens with one attached hydrogen (secondary N) is 1. The molecule has 1 unspecified atom stereocenters. The fraction of sp³-hybridized carbons (Fsp3) is 0.500. The summed E-state index contributed by atoms with van der Waals surface area (Å²) in [5.74, 6) is -0.230. The van der Waals surface area contributed by atoms with Crippen molar-refractivity contribution >= 4 is 17.3 Å². The molecule has 0 amide bonds. The first kappa shape index (κ1) is 11.2. The van der Waals surface area contributed by atoms with Crippen molar-refractivity contribution in [2.24, 2.45) is 0 Å². The summed E-state index contributed by atoms with van der Waals surface area (Å²) >= 11 is 1.65. The van der Waals surface area contributed by atoms with Crippen LogP contribution in [-0.4, -0.2) is 19.1 Å². The summed E-state index contributed by atoms with van der Waals surface area (Å²) in [7, 11) is 1.40. The SMILES string of the molecule is COC(=O)[C@H](C)NC(C)c1ccsc1. The Kier molecular flexibility index (Phi) is 4.10. The zero-order valence-electron chi connectivity index (χ0n) is 8.61. The smallest absolute Gasteiger partial charge is 0.322 e. The van der Waals surface area contributed by atoms with Crippen LogP contribution in [0.25, 0.3) is 0 Å². The molecule has 78 valence electrons. The minimum Gasteiger partial charge on any atom is -0.468 e. The number of carbonyl (C=O) groups is 1. The van der Waals surface area contributed by atoms with Gasteiger partial charge in [-0.3, -0.25) is 10.1 Å². The highest BCUT2D eigenvalue weighted by molar-refractivity contribution is 7.07. The Bertz CT molecular complexity index is 284. The Morgan fingerprint density at radius 2 is 2.29 bits per heavy atom. The molecule has 0 fully saturated rings. The third-order valence-electron chi connectivity index (χ3n) is 2.10. The van der Waals surface area contributed by atoms with E-state index < -0.39 is 0 Å². The van der Waals surface area contributed by atoms with Gasteiger partial charge in [-0.05, 0) is 36.2 Å². The van der Waals surface area contributed by atoms with Crippen LogP contribution in [0.4, 0.5) is 0 Å². The van der Waals surface area contributed by atoms with Gasteiger partial charge in [0.25, 0.3) is 0 Å². The van der Waals surface area contributed by atoms with Crippen LogP contribution >= 0.6 is 11.3 Å². The van der Waals surface area contributed by atoms with E-state index in [1.165, 1.54) is 12.7 Å². The standard InChI is InChI=1S/C10H15NO2S/c1-7(9-4-5-14-6-9)11-8(2)10(12)13-3/h4-8,11H,1-3H3/t7?,8-/m0/s1. The maximum Gasteiger partial charge on any atom is 0.322 e. The predicted octanol–water partition coefficient (Wildman–Crippen LogP) is 1.96. The fourth-order valence-electron chi connectivity index (χ4n) is 1.24. The maximum atomic E-state index is 11.1. The van der Waals surface area contributed by atoms with Gasteiger partial charge in [-0.2, -0.15) is 11.3 Å². The van der Waals surface area contributed by atoms with Crippen molar-refractivity contribution in [1.82, 2.24) is 5.32 Å². The number of thiophene rings is 1. The van der Waals surface area contributed by atoms with Gasteiger partial charge in [0.05, 0.1) is 7.11 Å². The van der Waals surface area contributed by atoms with Crippen molar-refractivity contribution in [3.8, 4) is 0 Å². The Labute approximate surface area is 88.1 Å². The number of methoxy groups -OCH3 is 1. The van der Waals surface area contributed by atoms with E-state index in [1.54, 1.807) is 18.3 Å². The predicted molar refractivity (Wildman–Crippen MR) is 57.3 cm³/mol. The lowest BCUT2D eigenvalue weighted by atomic mass is 10.1. The Morgan fingerprint density at radius 1 is 1.57 bits per heavy atom. The first-order valence-corrected chi connectivity index (χ1v) is 5.45. The highest BCUT2D eigenvalue weighted by Gasteiger charge is 2.16. The molecule has 0 aliphatic carbocycles. The first-order chi connectivity index (χ1) is 6.65. The lowest BCUT2D eigenvalue weighted by Crippen LogP contribution is -2.36. The van der Waals surface area contributed by atoms with Crippen molar-refractivity contribution < 1.29 is 9.53 Å². The maximum absolute atomic E-state index is 11.1. The molecule has 1 aromatic heterocycles. The van der Waals surface area contributed by atoms with E-state index in [2.05, 4.69) is 15.4 Å². The minimum atomic E-state index is -0.269. The van der Waals surface area contributed by atoms with E-state index in [9.17, 15) is 4.79 Å². The second kappa shape index (κ2) is 5.12. The summed E-state index contributed by atoms with van der Waals surface area (Å²) in [5, 5.41) is 7.26. The topological polar surface area (TPSA) is 38.3 Å². The summed E-state index contributed by atoms with van der Waals surface area (Å²) in [6, 6.07) is 1.96. The molecule has 0 aliphatic rings. The zero-order valence-corrected chi connectivity index (χ0v) is 9.43. The molecule has 14 heavy (non-hydrogen) atoms. The van der Waals surface area contributed by atoms with Crippen LogP contribution in [0, 0.1) is 0 Å². The average Bonchev–Trinajstić information content (AvgIpc) is 2.69. The van der Waals surface area contributed by atoms with Gasteiger partial charge in [-0.25, -0.2) is 0 Å². The molecule has 0 bridgehead atoms. The molecule has 3 nitrogen and oxygen atoms in total. The summed E-state index contributed by atoms with van der Waals surface area (Å²) in [5.41, 5.74) is 1.20. The number of hydrogen-bond acceptors (Lipinski definition) is 4. The summed E-state index contributed by atoms with van der Waals surface area (Å²) in [4.78, 5) is 11.1. The van der Waals surface area contributed by atoms with Gasteiger partial charge >= 0.3 is 5.97 Å². The van der Waals surface area contributed by atoms with Crippen molar-refractivity contribution in [3.05, 3.63) is 22.4 Å². The fourth-order valence-corrected chi connectivity index (χ4v) is 1.99. The summed E-state index contributed by atoms with van der Waals surface area (Å²) in [6.07, 6.45) is 0. The summed E-state index contributed by atoms with van der Waals surface area (Å²) in [6.45, 7) is 3.83. The van der Waals surface area contributed by atoms with E-state index in [0.29, 0.717) is 0 Å². The van der Waals surface area contributed by atoms with Crippen LogP contribution in [0.2, 0.25) is 0 Å². The number of hydrogen-bond donors (Lipinski definition) is 1. The van der Waals surface area contributed by atoms with Crippen LogP contribution in [0.15, 0.2) is 16.8 Å². The minimum absolute atomic E-state index is 0.176. The zero-order chi connectivity index (χ0) is 10.6. The molecule has 2 atom stereocenters. The van der Waals surface area contributed by atoms with Crippen molar-refractivity contribution in [3.63, 3.8) is 0 Å². The van der Waals surface area contributed by atoms with E-state index in [4.69, 9.17) is 0 Å². The van der Waals surface area contributed by atoms with E-state index in [1.807, 2.05) is 18.4 Å². The monoisotopic (exact) mass is 213 g/mol. The number of ether oxygens (including phenoxy) is 1. The lowest BCUT2D eigenvalue weighted by molar-refractivity contribution is -0.142. The first-order valence-electron chi connectivity index (χ1n) is 4.51. The molecule has 4 heteroatoms. The van der Waals surface area contributed by atoms with Crippen LogP contribution in [0.3, 0.4) is 0 Å². The van der Waals surface area contributed by atoms with Crippen LogP contribution in [0.5, 0.6) is 0 Å². The third-order valence-corrected chi connectivity index (χ3v) is 2.80. The van der Waals surface area contributed by atoms with Gasteiger partial charge in [0, 0.05) is 6.04 Å². The van der Waals surface area contributed by atoms with Crippen LogP contribution in [-0.2, 0) is 9.53 Å². The van der Waals surface area contributed by atoms with Gasteiger partial charge < -0.3 is 4.74 Å². The second-order valence-corrected chi connectivity index (χ2v) is 3.97.